The van der Waals surface area contributed by atoms with E-state index < -0.39 is 23.5 Å². The standard InChI is InChI=1S/C58H28F6N4S2/c59-57(60,61)33-19-23-37-35-9-1-5-13-45(35)67(47(37)27-33)55-43(29-65)53(31-17-21-41-39-11-3-7-15-49(39)69-51(41)25-31)56(68-46-14-6-2-10-36(46)38-24-20-34(28-48(38)68)58(62,63)64)54(44(55)30-66)32-18-22-42-40-12-4-8-16-50(40)70-52(42)26-32/h1-28H. The second-order valence-corrected chi connectivity index (χ2v) is 19.4. The normalized spacial score (nSPS) is 12.4. The number of aromatic nitrogens is 2. The molecule has 4 aromatic heterocycles. The Balaban J connectivity index is 1.30. The van der Waals surface area contributed by atoms with Gasteiger partial charge in [0.2, 0.25) is 0 Å². The van der Waals surface area contributed by atoms with Crippen LogP contribution < -0.4 is 0 Å². The molecule has 0 aliphatic carbocycles. The van der Waals surface area contributed by atoms with Crippen LogP contribution in [0.1, 0.15) is 22.3 Å². The summed E-state index contributed by atoms with van der Waals surface area (Å²) < 4.78 is 96.1. The quantitative estimate of drug-likeness (QED) is 0.165. The Kier molecular flexibility index (Phi) is 8.97. The van der Waals surface area contributed by atoms with Crippen LogP contribution in [0.3, 0.4) is 0 Å². The molecular weight excluding hydrogens is 931 g/mol. The Morgan fingerprint density at radius 2 is 0.714 bits per heavy atom. The fourth-order valence-corrected chi connectivity index (χ4v) is 12.8. The molecule has 0 aliphatic rings. The highest BCUT2D eigenvalue weighted by Crippen LogP contribution is 2.51. The molecule has 0 saturated carbocycles. The van der Waals surface area contributed by atoms with Crippen molar-refractivity contribution in [3.63, 3.8) is 0 Å². The van der Waals surface area contributed by atoms with Crippen molar-refractivity contribution in [3.8, 4) is 45.8 Å². The van der Waals surface area contributed by atoms with E-state index in [1.54, 1.807) is 74.3 Å². The van der Waals surface area contributed by atoms with Gasteiger partial charge in [-0.25, -0.2) is 0 Å². The summed E-state index contributed by atoms with van der Waals surface area (Å²) >= 11 is 3.08. The summed E-state index contributed by atoms with van der Waals surface area (Å²) in [6.07, 6.45) is -9.47. The van der Waals surface area contributed by atoms with E-state index in [9.17, 15) is 36.9 Å². The predicted molar refractivity (Wildman–Crippen MR) is 271 cm³/mol. The van der Waals surface area contributed by atoms with Gasteiger partial charge in [-0.05, 0) is 71.8 Å². The number of alkyl halides is 6. The van der Waals surface area contributed by atoms with Gasteiger partial charge in [0.15, 0.2) is 0 Å². The van der Waals surface area contributed by atoms with Gasteiger partial charge < -0.3 is 9.13 Å². The second-order valence-electron chi connectivity index (χ2n) is 17.2. The Morgan fingerprint density at radius 3 is 1.14 bits per heavy atom. The van der Waals surface area contributed by atoms with E-state index in [4.69, 9.17) is 0 Å². The molecule has 0 spiro atoms. The number of rotatable bonds is 4. The summed E-state index contributed by atoms with van der Waals surface area (Å²) in [4.78, 5) is 0. The van der Waals surface area contributed by atoms with Gasteiger partial charge in [-0.1, -0.05) is 109 Å². The number of hydrogen-bond acceptors (Lipinski definition) is 4. The van der Waals surface area contributed by atoms with Crippen LogP contribution in [0, 0.1) is 22.7 Å². The molecule has 9 aromatic carbocycles. The maximum absolute atomic E-state index is 14.9. The van der Waals surface area contributed by atoms with Crippen LogP contribution in [-0.4, -0.2) is 9.13 Å². The third kappa shape index (κ3) is 6.07. The number of para-hydroxylation sites is 2. The first-order valence-electron chi connectivity index (χ1n) is 22.0. The lowest BCUT2D eigenvalue weighted by Gasteiger charge is -2.25. The largest absolute Gasteiger partial charge is 0.416 e. The van der Waals surface area contributed by atoms with Gasteiger partial charge in [0, 0.05) is 73.0 Å². The van der Waals surface area contributed by atoms with Crippen molar-refractivity contribution in [2.45, 2.75) is 12.4 Å². The maximum Gasteiger partial charge on any atom is 0.416 e. The van der Waals surface area contributed by atoms with Gasteiger partial charge >= 0.3 is 12.4 Å². The monoisotopic (exact) mass is 958 g/mol. The summed E-state index contributed by atoms with van der Waals surface area (Å²) in [5, 5.41) is 29.9. The van der Waals surface area contributed by atoms with Crippen LogP contribution in [0.25, 0.3) is 118 Å². The summed E-state index contributed by atoms with van der Waals surface area (Å²) in [6.45, 7) is 0. The third-order valence-electron chi connectivity index (χ3n) is 13.5. The van der Waals surface area contributed by atoms with Crippen molar-refractivity contribution in [1.29, 1.82) is 10.5 Å². The smallest absolute Gasteiger partial charge is 0.308 e. The number of nitriles is 2. The number of nitrogens with zero attached hydrogens (tertiary/aromatic N) is 4. The highest BCUT2D eigenvalue weighted by molar-refractivity contribution is 7.26. The molecule has 0 radical (unpaired) electrons. The first kappa shape index (κ1) is 41.7. The lowest BCUT2D eigenvalue weighted by molar-refractivity contribution is -0.138. The lowest BCUT2D eigenvalue weighted by atomic mass is 9.86. The SMILES string of the molecule is N#Cc1c(-c2ccc3c(c2)sc2ccccc23)c(-n2c3ccccc3c3ccc(C(F)(F)F)cc32)c(-c2ccc3c(c2)sc2ccccc23)c(C#N)c1-n1c2ccccc2c2ccc(C(F)(F)F)cc21. The number of thiophene rings is 2. The van der Waals surface area contributed by atoms with Crippen molar-refractivity contribution in [3.05, 3.63) is 192 Å². The zero-order chi connectivity index (χ0) is 47.8. The highest BCUT2D eigenvalue weighted by atomic mass is 32.1. The fraction of sp³-hybridized carbons (Fsp3) is 0.0345. The number of benzene rings is 9. The number of fused-ring (bicyclic) bond motifs is 12. The van der Waals surface area contributed by atoms with E-state index in [1.165, 1.54) is 12.1 Å². The van der Waals surface area contributed by atoms with Crippen molar-refractivity contribution < 1.29 is 26.3 Å². The lowest BCUT2D eigenvalue weighted by Crippen LogP contribution is -2.12. The van der Waals surface area contributed by atoms with E-state index >= 15 is 0 Å². The predicted octanol–water partition coefficient (Wildman–Crippen LogP) is 17.7. The molecule has 13 aromatic rings. The summed E-state index contributed by atoms with van der Waals surface area (Å²) in [6, 6.07) is 53.7. The summed E-state index contributed by atoms with van der Waals surface area (Å²) in [7, 11) is 0. The van der Waals surface area contributed by atoms with Gasteiger partial charge in [-0.2, -0.15) is 36.9 Å². The molecule has 0 saturated heterocycles. The Morgan fingerprint density at radius 1 is 0.357 bits per heavy atom. The highest BCUT2D eigenvalue weighted by Gasteiger charge is 2.36. The molecule has 0 atom stereocenters. The van der Waals surface area contributed by atoms with E-state index in [1.807, 2.05) is 91.0 Å². The molecule has 13 rings (SSSR count). The molecular formula is C58H28F6N4S2. The van der Waals surface area contributed by atoms with Gasteiger partial charge in [-0.15, -0.1) is 22.7 Å². The van der Waals surface area contributed by atoms with Crippen LogP contribution in [0.5, 0.6) is 0 Å². The van der Waals surface area contributed by atoms with Gasteiger partial charge in [0.1, 0.15) is 12.1 Å². The fourth-order valence-electron chi connectivity index (χ4n) is 10.5. The molecule has 4 nitrogen and oxygen atoms in total. The minimum atomic E-state index is -4.74. The van der Waals surface area contributed by atoms with Gasteiger partial charge in [0.05, 0.1) is 55.7 Å². The molecule has 0 unspecified atom stereocenters. The van der Waals surface area contributed by atoms with Crippen LogP contribution >= 0.6 is 22.7 Å². The molecule has 334 valence electrons. The molecule has 0 aliphatic heterocycles. The molecule has 12 heteroatoms. The Hall–Kier alpha value is -8.42. The van der Waals surface area contributed by atoms with Crippen LogP contribution in [0.15, 0.2) is 170 Å². The van der Waals surface area contributed by atoms with Gasteiger partial charge in [0.25, 0.3) is 0 Å². The van der Waals surface area contributed by atoms with Gasteiger partial charge in [-0.3, -0.25) is 0 Å². The van der Waals surface area contributed by atoms with E-state index in [0.29, 0.717) is 43.7 Å². The van der Waals surface area contributed by atoms with Crippen molar-refractivity contribution in [2.24, 2.45) is 0 Å². The zero-order valence-electron chi connectivity index (χ0n) is 36.0. The summed E-state index contributed by atoms with van der Waals surface area (Å²) in [5.74, 6) is 0. The van der Waals surface area contributed by atoms with Crippen LogP contribution in [0.4, 0.5) is 26.3 Å². The first-order valence-corrected chi connectivity index (χ1v) is 23.6. The average Bonchev–Trinajstić information content (AvgIpc) is 4.11. The third-order valence-corrected chi connectivity index (χ3v) is 15.7. The molecule has 0 amide bonds. The Labute approximate surface area is 400 Å². The molecule has 0 fully saturated rings. The van der Waals surface area contributed by atoms with Crippen LogP contribution in [-0.2, 0) is 12.4 Å². The second kappa shape index (κ2) is 15.0. The average molecular weight is 959 g/mol. The first-order chi connectivity index (χ1) is 33.9. The summed E-state index contributed by atoms with van der Waals surface area (Å²) in [5.41, 5.74) is 1.19. The van der Waals surface area contributed by atoms with Crippen LogP contribution in [0.2, 0.25) is 0 Å². The maximum atomic E-state index is 14.9. The molecule has 70 heavy (non-hydrogen) atoms. The van der Waals surface area contributed by atoms with Crippen molar-refractivity contribution >= 4 is 107 Å². The molecule has 0 N–H and O–H groups in total. The number of hydrogen-bond donors (Lipinski definition) is 0. The van der Waals surface area contributed by atoms with E-state index in [-0.39, 0.29) is 44.7 Å². The Bertz CT molecular complexity index is 4340. The minimum Gasteiger partial charge on any atom is -0.308 e. The van der Waals surface area contributed by atoms with Crippen molar-refractivity contribution in [1.82, 2.24) is 9.13 Å². The zero-order valence-corrected chi connectivity index (χ0v) is 37.7. The van der Waals surface area contributed by atoms with E-state index in [0.717, 1.165) is 64.6 Å². The van der Waals surface area contributed by atoms with E-state index in [2.05, 4.69) is 12.1 Å². The van der Waals surface area contributed by atoms with Crippen molar-refractivity contribution in [2.75, 3.05) is 0 Å². The topological polar surface area (TPSA) is 57.4 Å². The molecule has 0 bridgehead atoms. The molecule has 4 heterocycles. The number of halogens is 6. The minimum absolute atomic E-state index is 0.0360.